The number of nitrogens with zero attached hydrogens (tertiary/aromatic N) is 2. The molecule has 0 spiro atoms. The predicted octanol–water partition coefficient (Wildman–Crippen LogP) is 4.33. The van der Waals surface area contributed by atoms with Gasteiger partial charge >= 0.3 is 5.97 Å². The second-order valence-corrected chi connectivity index (χ2v) is 5.86. The minimum absolute atomic E-state index is 0.392. The van der Waals surface area contributed by atoms with E-state index < -0.39 is 5.97 Å². The minimum Gasteiger partial charge on any atom is -0.465 e. The highest BCUT2D eigenvalue weighted by Crippen LogP contribution is 2.36. The third kappa shape index (κ3) is 2.71. The molecule has 0 saturated heterocycles. The van der Waals surface area contributed by atoms with Crippen LogP contribution >= 0.6 is 0 Å². The molecule has 0 radical (unpaired) electrons. The first-order valence-corrected chi connectivity index (χ1v) is 8.27. The zero-order chi connectivity index (χ0) is 17.9. The average molecular weight is 340 g/mol. The quantitative estimate of drug-likeness (QED) is 0.317. The maximum Gasteiger partial charge on any atom is 0.338 e. The molecule has 0 atom stereocenters. The largest absolute Gasteiger partial charge is 0.465 e. The van der Waals surface area contributed by atoms with Gasteiger partial charge < -0.3 is 4.74 Å². The summed E-state index contributed by atoms with van der Waals surface area (Å²) in [5.74, 6) is -0.392. The maximum atomic E-state index is 11.9. The lowest BCUT2D eigenvalue weighted by molar-refractivity contribution is 0.0600. The molecule has 0 amide bonds. The van der Waals surface area contributed by atoms with Crippen molar-refractivity contribution in [3.63, 3.8) is 0 Å². The number of hydrogen-bond donors (Lipinski definition) is 0. The lowest BCUT2D eigenvalue weighted by atomic mass is 10.1. The Morgan fingerprint density at radius 1 is 0.808 bits per heavy atom. The van der Waals surface area contributed by atoms with Crippen LogP contribution in [0.4, 0.5) is 0 Å². The molecular formula is C22H16N2O2. The molecule has 3 aromatic carbocycles. The van der Waals surface area contributed by atoms with Crippen LogP contribution in [-0.2, 0) is 4.74 Å². The summed E-state index contributed by atoms with van der Waals surface area (Å²) in [7, 11) is 1.36. The van der Waals surface area contributed by atoms with E-state index in [9.17, 15) is 4.79 Å². The summed E-state index contributed by atoms with van der Waals surface area (Å²) in [6, 6.07) is 23.5. The summed E-state index contributed by atoms with van der Waals surface area (Å²) < 4.78 is 4.81. The van der Waals surface area contributed by atoms with Gasteiger partial charge in [0.05, 0.1) is 18.9 Å². The Kier molecular flexibility index (Phi) is 4.15. The molecule has 4 nitrogen and oxygen atoms in total. The van der Waals surface area contributed by atoms with Gasteiger partial charge in [0, 0.05) is 16.7 Å². The summed E-state index contributed by atoms with van der Waals surface area (Å²) in [5, 5.41) is 8.72. The van der Waals surface area contributed by atoms with Crippen molar-refractivity contribution in [2.75, 3.05) is 7.11 Å². The van der Waals surface area contributed by atoms with E-state index in [1.807, 2.05) is 48.5 Å². The molecule has 4 heteroatoms. The number of carbonyl (C=O) groups excluding carboxylic acids is 1. The van der Waals surface area contributed by atoms with Crippen LogP contribution in [0.3, 0.4) is 0 Å². The van der Waals surface area contributed by atoms with Gasteiger partial charge in [-0.1, -0.05) is 66.7 Å². The van der Waals surface area contributed by atoms with E-state index >= 15 is 0 Å². The molecule has 0 unspecified atom stereocenters. The molecular weight excluding hydrogens is 324 g/mol. The monoisotopic (exact) mass is 340 g/mol. The van der Waals surface area contributed by atoms with Gasteiger partial charge in [-0.2, -0.15) is 5.10 Å². The van der Waals surface area contributed by atoms with Gasteiger partial charge in [0.25, 0.3) is 0 Å². The van der Waals surface area contributed by atoms with Gasteiger partial charge in [0.1, 0.15) is 5.71 Å². The molecule has 4 rings (SSSR count). The number of benzene rings is 3. The van der Waals surface area contributed by atoms with Crippen LogP contribution in [0.25, 0.3) is 11.1 Å². The van der Waals surface area contributed by atoms with Crippen LogP contribution in [0.15, 0.2) is 83.0 Å². The smallest absolute Gasteiger partial charge is 0.338 e. The first-order valence-electron chi connectivity index (χ1n) is 8.27. The average Bonchev–Trinajstić information content (AvgIpc) is 3.02. The second-order valence-electron chi connectivity index (χ2n) is 5.86. The third-order valence-corrected chi connectivity index (χ3v) is 4.38. The van der Waals surface area contributed by atoms with Gasteiger partial charge in [0.2, 0.25) is 0 Å². The number of carbonyl (C=O) groups is 1. The van der Waals surface area contributed by atoms with E-state index in [1.54, 1.807) is 18.3 Å². The number of hydrogen-bond acceptors (Lipinski definition) is 4. The molecule has 26 heavy (non-hydrogen) atoms. The van der Waals surface area contributed by atoms with E-state index in [-0.39, 0.29) is 0 Å². The fraction of sp³-hybridized carbons (Fsp3) is 0.0455. The summed E-state index contributed by atoms with van der Waals surface area (Å²) >= 11 is 0. The van der Waals surface area contributed by atoms with Crippen molar-refractivity contribution < 1.29 is 9.53 Å². The minimum atomic E-state index is -0.392. The molecule has 0 fully saturated rings. The Labute approximate surface area is 151 Å². The Bertz CT molecular complexity index is 1000. The van der Waals surface area contributed by atoms with E-state index in [0.717, 1.165) is 28.0 Å². The molecule has 1 aliphatic rings. The normalized spacial score (nSPS) is 12.0. The van der Waals surface area contributed by atoms with E-state index in [1.165, 1.54) is 7.11 Å². The van der Waals surface area contributed by atoms with Crippen molar-refractivity contribution in [1.82, 2.24) is 0 Å². The summed E-state index contributed by atoms with van der Waals surface area (Å²) in [4.78, 5) is 11.9. The second kappa shape index (κ2) is 6.76. The van der Waals surface area contributed by atoms with Crippen molar-refractivity contribution in [3.8, 4) is 11.1 Å². The molecule has 0 N–H and O–H groups in total. The van der Waals surface area contributed by atoms with Gasteiger partial charge in [-0.25, -0.2) is 4.79 Å². The van der Waals surface area contributed by atoms with Crippen molar-refractivity contribution in [2.24, 2.45) is 10.2 Å². The van der Waals surface area contributed by atoms with E-state index in [0.29, 0.717) is 11.1 Å². The molecule has 0 aromatic heterocycles. The first kappa shape index (κ1) is 16.0. The predicted molar refractivity (Wildman–Crippen MR) is 103 cm³/mol. The van der Waals surface area contributed by atoms with Crippen LogP contribution in [0, 0.1) is 0 Å². The number of fused-ring (bicyclic) bond motifs is 3. The SMILES string of the molecule is COC(=O)c1ccccc1/C=N\N=C1c2ccccc2-c2ccccc21. The van der Waals surface area contributed by atoms with Crippen LogP contribution in [-0.4, -0.2) is 25.0 Å². The van der Waals surface area contributed by atoms with E-state index in [2.05, 4.69) is 22.3 Å². The van der Waals surface area contributed by atoms with Crippen LogP contribution in [0.1, 0.15) is 27.0 Å². The van der Waals surface area contributed by atoms with Crippen molar-refractivity contribution in [2.45, 2.75) is 0 Å². The van der Waals surface area contributed by atoms with Crippen molar-refractivity contribution in [1.29, 1.82) is 0 Å². The molecule has 3 aromatic rings. The molecule has 0 bridgehead atoms. The summed E-state index contributed by atoms with van der Waals surface area (Å²) in [6.07, 6.45) is 1.59. The standard InChI is InChI=1S/C22H16N2O2/c1-26-22(25)16-9-3-2-8-15(16)14-23-24-21-19-12-6-4-10-17(19)18-11-5-7-13-20(18)21/h2-14H,1H3/b23-14-. The van der Waals surface area contributed by atoms with E-state index in [4.69, 9.17) is 4.74 Å². The molecule has 1 aliphatic carbocycles. The van der Waals surface area contributed by atoms with Gasteiger partial charge in [-0.05, 0) is 17.2 Å². The zero-order valence-electron chi connectivity index (χ0n) is 14.2. The highest BCUT2D eigenvalue weighted by molar-refractivity contribution is 6.24. The topological polar surface area (TPSA) is 51.0 Å². The van der Waals surface area contributed by atoms with Crippen LogP contribution in [0.5, 0.6) is 0 Å². The van der Waals surface area contributed by atoms with Crippen molar-refractivity contribution >= 4 is 17.9 Å². The first-order chi connectivity index (χ1) is 12.8. The Morgan fingerprint density at radius 2 is 1.35 bits per heavy atom. The molecule has 0 aliphatic heterocycles. The fourth-order valence-corrected chi connectivity index (χ4v) is 3.16. The van der Waals surface area contributed by atoms with Crippen LogP contribution < -0.4 is 0 Å². The third-order valence-electron chi connectivity index (χ3n) is 4.38. The van der Waals surface area contributed by atoms with Crippen LogP contribution in [0.2, 0.25) is 0 Å². The van der Waals surface area contributed by atoms with Gasteiger partial charge in [-0.3, -0.25) is 0 Å². The Hall–Kier alpha value is -3.53. The molecule has 0 heterocycles. The lowest BCUT2D eigenvalue weighted by Crippen LogP contribution is -2.05. The maximum absolute atomic E-state index is 11.9. The Morgan fingerprint density at radius 3 is 1.96 bits per heavy atom. The van der Waals surface area contributed by atoms with Gasteiger partial charge in [-0.15, -0.1) is 5.10 Å². The highest BCUT2D eigenvalue weighted by atomic mass is 16.5. The lowest BCUT2D eigenvalue weighted by Gasteiger charge is -2.02. The number of rotatable bonds is 3. The summed E-state index contributed by atoms with van der Waals surface area (Å²) in [5.41, 5.74) is 6.41. The van der Waals surface area contributed by atoms with Gasteiger partial charge in [0.15, 0.2) is 0 Å². The highest BCUT2D eigenvalue weighted by Gasteiger charge is 2.23. The summed E-state index contributed by atoms with van der Waals surface area (Å²) in [6.45, 7) is 0. The fourth-order valence-electron chi connectivity index (χ4n) is 3.16. The number of esters is 1. The molecule has 0 saturated carbocycles. The van der Waals surface area contributed by atoms with Crippen molar-refractivity contribution in [3.05, 3.63) is 95.1 Å². The Balaban J connectivity index is 1.75. The zero-order valence-corrected chi connectivity index (χ0v) is 14.2. The molecule has 126 valence electrons. The number of ether oxygens (including phenoxy) is 1. The number of methoxy groups -OCH3 is 1.